The van der Waals surface area contributed by atoms with Crippen LogP contribution in [0.25, 0.3) is 11.1 Å². The molecule has 3 aliphatic rings. The molecule has 3 atom stereocenters. The summed E-state index contributed by atoms with van der Waals surface area (Å²) in [6.07, 6.45) is 9.82. The molecule has 3 N–H and O–H groups in total. The number of hydrogen-bond acceptors (Lipinski definition) is 2. The number of anilines is 1. The van der Waals surface area contributed by atoms with Gasteiger partial charge in [-0.2, -0.15) is 0 Å². The van der Waals surface area contributed by atoms with Crippen molar-refractivity contribution in [3.63, 3.8) is 0 Å². The van der Waals surface area contributed by atoms with E-state index < -0.39 is 0 Å². The van der Waals surface area contributed by atoms with Gasteiger partial charge in [0.25, 0.3) is 0 Å². The second-order valence-corrected chi connectivity index (χ2v) is 16.3. The fourth-order valence-electron chi connectivity index (χ4n) is 9.47. The molecule has 0 bridgehead atoms. The summed E-state index contributed by atoms with van der Waals surface area (Å²) in [6.45, 7) is 25.0. The first-order valence-corrected chi connectivity index (χ1v) is 16.6. The number of nitrogens with one attached hydrogen (secondary N) is 1. The van der Waals surface area contributed by atoms with Crippen molar-refractivity contribution in [2.24, 2.45) is 17.6 Å². The summed E-state index contributed by atoms with van der Waals surface area (Å²) < 4.78 is 0. The number of unbranched alkanes of at least 4 members (excludes halogenated alkanes) is 1. The summed E-state index contributed by atoms with van der Waals surface area (Å²) in [7, 11) is 0. The number of fused-ring (bicyclic) bond motifs is 3. The maximum Gasteiger partial charge on any atom is 0.0384 e. The molecule has 220 valence electrons. The molecule has 2 heteroatoms. The van der Waals surface area contributed by atoms with Crippen LogP contribution in [0.5, 0.6) is 0 Å². The molecule has 2 fully saturated rings. The second-order valence-electron chi connectivity index (χ2n) is 16.3. The topological polar surface area (TPSA) is 38.0 Å². The van der Waals surface area contributed by atoms with E-state index in [4.69, 9.17) is 5.73 Å². The minimum Gasteiger partial charge on any atom is -0.385 e. The van der Waals surface area contributed by atoms with Crippen LogP contribution in [0.4, 0.5) is 5.69 Å². The zero-order valence-electron chi connectivity index (χ0n) is 27.5. The van der Waals surface area contributed by atoms with E-state index in [0.717, 1.165) is 31.2 Å². The molecular formula is C38H58N2. The van der Waals surface area contributed by atoms with Gasteiger partial charge in [0.1, 0.15) is 0 Å². The van der Waals surface area contributed by atoms with Gasteiger partial charge in [0.05, 0.1) is 0 Å². The van der Waals surface area contributed by atoms with Crippen LogP contribution in [0.2, 0.25) is 0 Å². The average Bonchev–Trinajstić information content (AvgIpc) is 3.29. The smallest absolute Gasteiger partial charge is 0.0384 e. The van der Waals surface area contributed by atoms with Crippen LogP contribution >= 0.6 is 0 Å². The lowest BCUT2D eigenvalue weighted by atomic mass is 9.54. The van der Waals surface area contributed by atoms with Crippen LogP contribution in [0, 0.1) is 11.8 Å². The number of rotatable bonds is 7. The standard InChI is InChI=1S/C38H58N2/c1-11-13-15-40-34-17-27-26-16-28(33(39)14-12-2)29(35(5,6)7)18-30(26)37-20-24(3)22-38(37,23-25(4)21-37)31(27)19-32(34)36(8,9)10/h16-19,24-25,33,40H,11-15,20-23,39H2,1-10H3. The molecule has 2 aromatic rings. The maximum atomic E-state index is 6.99. The van der Waals surface area contributed by atoms with Gasteiger partial charge < -0.3 is 11.1 Å². The first-order chi connectivity index (χ1) is 18.7. The van der Waals surface area contributed by atoms with Crippen LogP contribution in [-0.2, 0) is 21.7 Å². The molecule has 2 nitrogen and oxygen atoms in total. The Labute approximate surface area is 246 Å². The molecule has 0 heterocycles. The maximum absolute atomic E-state index is 6.99. The van der Waals surface area contributed by atoms with Crippen molar-refractivity contribution in [1.82, 2.24) is 0 Å². The highest BCUT2D eigenvalue weighted by atomic mass is 14.9. The molecule has 0 aliphatic heterocycles. The van der Waals surface area contributed by atoms with Gasteiger partial charge in [-0.3, -0.25) is 0 Å². The van der Waals surface area contributed by atoms with Gasteiger partial charge in [-0.15, -0.1) is 0 Å². The fraction of sp³-hybridized carbons (Fsp3) is 0.684. The lowest BCUT2D eigenvalue weighted by Crippen LogP contribution is -2.44. The summed E-state index contributed by atoms with van der Waals surface area (Å²) in [5, 5.41) is 3.90. The van der Waals surface area contributed by atoms with Crippen LogP contribution in [0.3, 0.4) is 0 Å². The highest BCUT2D eigenvalue weighted by Crippen LogP contribution is 2.72. The Morgan fingerprint density at radius 1 is 0.775 bits per heavy atom. The molecule has 3 unspecified atom stereocenters. The fourth-order valence-corrected chi connectivity index (χ4v) is 9.47. The van der Waals surface area contributed by atoms with E-state index in [1.807, 2.05) is 0 Å². The highest BCUT2D eigenvalue weighted by molar-refractivity contribution is 5.84. The molecule has 0 aromatic heterocycles. The van der Waals surface area contributed by atoms with E-state index in [-0.39, 0.29) is 27.7 Å². The Morgan fingerprint density at radius 2 is 1.27 bits per heavy atom. The Hall–Kier alpha value is -1.80. The summed E-state index contributed by atoms with van der Waals surface area (Å²) in [5.41, 5.74) is 19.6. The third kappa shape index (κ3) is 4.56. The van der Waals surface area contributed by atoms with E-state index in [1.54, 1.807) is 11.1 Å². The van der Waals surface area contributed by atoms with Gasteiger partial charge in [-0.1, -0.05) is 94.2 Å². The molecular weight excluding hydrogens is 484 g/mol. The summed E-state index contributed by atoms with van der Waals surface area (Å²) in [4.78, 5) is 0. The summed E-state index contributed by atoms with van der Waals surface area (Å²) in [6, 6.07) is 10.6. The van der Waals surface area contributed by atoms with Crippen molar-refractivity contribution in [2.45, 2.75) is 148 Å². The summed E-state index contributed by atoms with van der Waals surface area (Å²) in [5.74, 6) is 1.48. The lowest BCUT2D eigenvalue weighted by Gasteiger charge is -2.49. The Balaban J connectivity index is 1.87. The van der Waals surface area contributed by atoms with Gasteiger partial charge in [0, 0.05) is 29.1 Å². The summed E-state index contributed by atoms with van der Waals surface area (Å²) >= 11 is 0. The molecule has 0 saturated heterocycles. The van der Waals surface area contributed by atoms with Crippen molar-refractivity contribution in [1.29, 1.82) is 0 Å². The first-order valence-electron chi connectivity index (χ1n) is 16.6. The van der Waals surface area contributed by atoms with Crippen LogP contribution < -0.4 is 11.1 Å². The molecule has 2 aromatic carbocycles. The van der Waals surface area contributed by atoms with Crippen LogP contribution in [0.1, 0.15) is 154 Å². The predicted molar refractivity (Wildman–Crippen MR) is 175 cm³/mol. The minimum atomic E-state index is 0.0622. The zero-order chi connectivity index (χ0) is 29.3. The molecule has 5 rings (SSSR count). The Morgan fingerprint density at radius 3 is 1.75 bits per heavy atom. The van der Waals surface area contributed by atoms with Crippen LogP contribution in [-0.4, -0.2) is 6.54 Å². The Kier molecular flexibility index (Phi) is 7.55. The first kappa shape index (κ1) is 29.7. The molecule has 0 spiro atoms. The SMILES string of the molecule is CCCCNc1cc2c(cc1C(C)(C)C)C13CC(C)CC1(CC(C)C3)c1cc(C(C)(C)C)c(C(N)CCC)cc1-2. The van der Waals surface area contributed by atoms with Crippen molar-refractivity contribution < 1.29 is 0 Å². The number of benzene rings is 2. The van der Waals surface area contributed by atoms with Gasteiger partial charge in [0.2, 0.25) is 0 Å². The quantitative estimate of drug-likeness (QED) is 0.342. The van der Waals surface area contributed by atoms with Crippen molar-refractivity contribution >= 4 is 5.69 Å². The highest BCUT2D eigenvalue weighted by Gasteiger charge is 2.65. The molecule has 2 saturated carbocycles. The normalized spacial score (nSPS) is 28.1. The molecule has 40 heavy (non-hydrogen) atoms. The Bertz CT molecular complexity index is 1240. The number of hydrogen-bond donors (Lipinski definition) is 2. The van der Waals surface area contributed by atoms with Gasteiger partial charge >= 0.3 is 0 Å². The van der Waals surface area contributed by atoms with Gasteiger partial charge in [-0.25, -0.2) is 0 Å². The van der Waals surface area contributed by atoms with Gasteiger partial charge in [0.15, 0.2) is 0 Å². The second kappa shape index (κ2) is 10.2. The van der Waals surface area contributed by atoms with Gasteiger partial charge in [-0.05, 0) is 112 Å². The predicted octanol–water partition coefficient (Wildman–Crippen LogP) is 10.3. The third-order valence-electron chi connectivity index (χ3n) is 10.8. The van der Waals surface area contributed by atoms with Crippen molar-refractivity contribution in [2.75, 3.05) is 11.9 Å². The molecule has 0 amide bonds. The van der Waals surface area contributed by atoms with Crippen molar-refractivity contribution in [3.8, 4) is 11.1 Å². The minimum absolute atomic E-state index is 0.0622. The average molecular weight is 543 g/mol. The van der Waals surface area contributed by atoms with E-state index in [0.29, 0.717) is 0 Å². The largest absolute Gasteiger partial charge is 0.385 e. The lowest BCUT2D eigenvalue weighted by molar-refractivity contribution is 0.298. The van der Waals surface area contributed by atoms with E-state index in [1.165, 1.54) is 72.0 Å². The monoisotopic (exact) mass is 542 g/mol. The molecule has 3 aliphatic carbocycles. The van der Waals surface area contributed by atoms with Crippen molar-refractivity contribution in [3.05, 3.63) is 52.1 Å². The van der Waals surface area contributed by atoms with E-state index >= 15 is 0 Å². The zero-order valence-corrected chi connectivity index (χ0v) is 27.5. The van der Waals surface area contributed by atoms with Crippen LogP contribution in [0.15, 0.2) is 24.3 Å². The van der Waals surface area contributed by atoms with E-state index in [9.17, 15) is 0 Å². The molecule has 0 radical (unpaired) electrons. The third-order valence-corrected chi connectivity index (χ3v) is 10.8. The van der Waals surface area contributed by atoms with E-state index in [2.05, 4.69) is 98.8 Å². The number of nitrogens with two attached hydrogens (primary N) is 1.